The van der Waals surface area contributed by atoms with Crippen LogP contribution in [0.1, 0.15) is 34.8 Å². The number of aliphatic hydroxyl groups excluding tert-OH is 1. The monoisotopic (exact) mass is 487 g/mol. The van der Waals surface area contributed by atoms with Crippen molar-refractivity contribution < 1.29 is 41.6 Å². The van der Waals surface area contributed by atoms with Gasteiger partial charge in [0.05, 0.1) is 63.9 Å². The molecule has 2 unspecified atom stereocenters. The third-order valence-electron chi connectivity index (χ3n) is 6.39. The number of ether oxygens (including phenoxy) is 4. The van der Waals surface area contributed by atoms with Crippen molar-refractivity contribution in [1.29, 1.82) is 0 Å². The Morgan fingerprint density at radius 3 is 2.50 bits per heavy atom. The summed E-state index contributed by atoms with van der Waals surface area (Å²) in [7, 11) is 0. The molecule has 0 spiro atoms. The molecule has 0 radical (unpaired) electrons. The average molecular weight is 487 g/mol. The van der Waals surface area contributed by atoms with Crippen LogP contribution in [-0.2, 0) is 31.9 Å². The van der Waals surface area contributed by atoms with Crippen molar-refractivity contribution in [3.05, 3.63) is 28.8 Å². The molecule has 4 heterocycles. The van der Waals surface area contributed by atoms with Gasteiger partial charge in [-0.05, 0) is 6.92 Å². The lowest BCUT2D eigenvalue weighted by Crippen LogP contribution is -2.38. The molecule has 5 rings (SSSR count). The van der Waals surface area contributed by atoms with Crippen LogP contribution in [0.4, 0.5) is 13.2 Å². The van der Waals surface area contributed by atoms with Crippen molar-refractivity contribution >= 4 is 0 Å². The van der Waals surface area contributed by atoms with Crippen LogP contribution in [0, 0.1) is 6.92 Å². The Bertz CT molecular complexity index is 995. The van der Waals surface area contributed by atoms with Crippen LogP contribution >= 0.6 is 0 Å². The Morgan fingerprint density at radius 2 is 1.85 bits per heavy atom. The first kappa shape index (κ1) is 23.8. The van der Waals surface area contributed by atoms with Crippen molar-refractivity contribution in [3.8, 4) is 11.3 Å². The van der Waals surface area contributed by atoms with Crippen molar-refractivity contribution in [1.82, 2.24) is 15.1 Å². The first-order valence-electron chi connectivity index (χ1n) is 11.4. The van der Waals surface area contributed by atoms with Gasteiger partial charge in [0, 0.05) is 35.9 Å². The maximum Gasteiger partial charge on any atom is 0.396 e. The van der Waals surface area contributed by atoms with Crippen molar-refractivity contribution in [2.24, 2.45) is 0 Å². The fourth-order valence-electron chi connectivity index (χ4n) is 4.71. The first-order valence-corrected chi connectivity index (χ1v) is 11.4. The Morgan fingerprint density at radius 1 is 1.15 bits per heavy atom. The van der Waals surface area contributed by atoms with Crippen LogP contribution in [0.15, 0.2) is 10.6 Å². The van der Waals surface area contributed by atoms with Gasteiger partial charge in [-0.2, -0.15) is 18.3 Å². The predicted octanol–water partition coefficient (Wildman–Crippen LogP) is 2.06. The molecule has 3 aliphatic rings. The van der Waals surface area contributed by atoms with Gasteiger partial charge in [0.1, 0.15) is 11.9 Å². The Labute approximate surface area is 194 Å². The number of hydrogen-bond donors (Lipinski definition) is 2. The topological polar surface area (TPSA) is 100 Å². The predicted molar refractivity (Wildman–Crippen MR) is 111 cm³/mol. The van der Waals surface area contributed by atoms with Gasteiger partial charge in [-0.15, -0.1) is 0 Å². The molecular weight excluding hydrogens is 459 g/mol. The van der Waals surface area contributed by atoms with E-state index in [0.717, 1.165) is 0 Å². The molecule has 1 aliphatic carbocycles. The van der Waals surface area contributed by atoms with Gasteiger partial charge in [0.2, 0.25) is 0 Å². The van der Waals surface area contributed by atoms with E-state index in [1.165, 1.54) is 10.9 Å². The molecule has 188 valence electrons. The van der Waals surface area contributed by atoms with E-state index in [-0.39, 0.29) is 48.0 Å². The van der Waals surface area contributed by atoms with Crippen molar-refractivity contribution in [2.45, 2.75) is 50.4 Å². The number of rotatable bonds is 6. The number of furan rings is 1. The van der Waals surface area contributed by atoms with E-state index in [9.17, 15) is 18.3 Å². The second-order valence-corrected chi connectivity index (χ2v) is 8.79. The molecule has 2 aromatic heterocycles. The molecule has 0 amide bonds. The molecule has 2 saturated heterocycles. The minimum absolute atomic E-state index is 0.0994. The molecule has 9 nitrogen and oxygen atoms in total. The van der Waals surface area contributed by atoms with Crippen molar-refractivity contribution in [3.63, 3.8) is 0 Å². The summed E-state index contributed by atoms with van der Waals surface area (Å²) >= 11 is 0. The molecule has 4 atom stereocenters. The highest BCUT2D eigenvalue weighted by Gasteiger charge is 2.47. The second kappa shape index (κ2) is 9.59. The van der Waals surface area contributed by atoms with Crippen LogP contribution in [-0.4, -0.2) is 79.5 Å². The van der Waals surface area contributed by atoms with Crippen LogP contribution in [0.3, 0.4) is 0 Å². The number of hydrogen-bond acceptors (Lipinski definition) is 8. The van der Waals surface area contributed by atoms with E-state index in [1.807, 2.05) is 0 Å². The summed E-state index contributed by atoms with van der Waals surface area (Å²) in [5.41, 5.74) is 1.38. The summed E-state index contributed by atoms with van der Waals surface area (Å²) in [4.78, 5) is 0. The number of alkyl halides is 3. The number of nitrogens with one attached hydrogen (secondary N) is 1. The SMILES string of the molecule is Cc1c(C(O)NC[C@@H]2COCCO2)oc2c1-c1nn(C[C@H]3COCCO3)cc1C(C(F)(F)F)C2. The fourth-order valence-corrected chi connectivity index (χ4v) is 4.71. The molecule has 2 aliphatic heterocycles. The van der Waals surface area contributed by atoms with Gasteiger partial charge in [-0.3, -0.25) is 10.00 Å². The van der Waals surface area contributed by atoms with Gasteiger partial charge in [-0.1, -0.05) is 0 Å². The zero-order chi connectivity index (χ0) is 23.9. The molecule has 34 heavy (non-hydrogen) atoms. The number of aromatic nitrogens is 2. The van der Waals surface area contributed by atoms with Gasteiger partial charge in [0.25, 0.3) is 0 Å². The molecule has 2 aromatic rings. The van der Waals surface area contributed by atoms with E-state index in [2.05, 4.69) is 10.4 Å². The quantitative estimate of drug-likeness (QED) is 0.598. The largest absolute Gasteiger partial charge is 0.461 e. The highest BCUT2D eigenvalue weighted by Crippen LogP contribution is 2.49. The average Bonchev–Trinajstić information content (AvgIpc) is 3.38. The third-order valence-corrected chi connectivity index (χ3v) is 6.39. The fraction of sp³-hybridized carbons (Fsp3) is 0.682. The molecule has 0 aromatic carbocycles. The molecule has 0 bridgehead atoms. The lowest BCUT2D eigenvalue weighted by molar-refractivity contribution is -0.151. The second-order valence-electron chi connectivity index (χ2n) is 8.79. The first-order chi connectivity index (χ1) is 16.3. The molecule has 2 fully saturated rings. The Kier molecular flexibility index (Phi) is 6.70. The Hall–Kier alpha value is -1.96. The summed E-state index contributed by atoms with van der Waals surface area (Å²) in [5.74, 6) is -1.40. The normalized spacial score (nSPS) is 26.2. The van der Waals surface area contributed by atoms with Crippen LogP contribution in [0.5, 0.6) is 0 Å². The lowest BCUT2D eigenvalue weighted by Gasteiger charge is -2.24. The highest BCUT2D eigenvalue weighted by atomic mass is 19.4. The van der Waals surface area contributed by atoms with Crippen LogP contribution < -0.4 is 5.32 Å². The zero-order valence-electron chi connectivity index (χ0n) is 18.8. The van der Waals surface area contributed by atoms with Gasteiger partial charge in [0.15, 0.2) is 12.0 Å². The number of halogens is 3. The minimum Gasteiger partial charge on any atom is -0.461 e. The maximum atomic E-state index is 14.0. The molecule has 2 N–H and O–H groups in total. The standard InChI is InChI=1S/C22H28F3N3O6/c1-12-18-17(34-20(12)21(29)26-7-13-10-30-2-4-32-13)6-16(22(23,24)25)15-9-28(27-19(15)18)8-14-11-31-3-5-33-14/h9,13-14,16,21,26,29H,2-8,10-11H2,1H3/t13-,14+,16?,21?/m1/s1. The smallest absolute Gasteiger partial charge is 0.396 e. The van der Waals surface area contributed by atoms with E-state index in [4.69, 9.17) is 23.4 Å². The summed E-state index contributed by atoms with van der Waals surface area (Å²) < 4.78 is 71.1. The van der Waals surface area contributed by atoms with E-state index in [1.54, 1.807) is 6.92 Å². The summed E-state index contributed by atoms with van der Waals surface area (Å²) in [6, 6.07) is 0. The highest BCUT2D eigenvalue weighted by molar-refractivity contribution is 5.73. The molecular formula is C22H28F3N3O6. The van der Waals surface area contributed by atoms with E-state index in [0.29, 0.717) is 57.3 Å². The van der Waals surface area contributed by atoms with Crippen LogP contribution in [0.2, 0.25) is 0 Å². The maximum absolute atomic E-state index is 14.0. The third kappa shape index (κ3) is 4.75. The van der Waals surface area contributed by atoms with Gasteiger partial charge in [-0.25, -0.2) is 0 Å². The van der Waals surface area contributed by atoms with E-state index < -0.39 is 18.3 Å². The Balaban J connectivity index is 1.41. The van der Waals surface area contributed by atoms with Crippen molar-refractivity contribution in [2.75, 3.05) is 46.2 Å². The zero-order valence-corrected chi connectivity index (χ0v) is 18.8. The molecule has 12 heteroatoms. The summed E-state index contributed by atoms with van der Waals surface area (Å²) in [6.45, 7) is 5.00. The minimum atomic E-state index is -4.47. The summed E-state index contributed by atoms with van der Waals surface area (Å²) in [5, 5.41) is 18.1. The molecule has 0 saturated carbocycles. The van der Waals surface area contributed by atoms with E-state index >= 15 is 0 Å². The number of aliphatic hydroxyl groups is 1. The van der Waals surface area contributed by atoms with Gasteiger partial charge >= 0.3 is 6.18 Å². The van der Waals surface area contributed by atoms with Gasteiger partial charge < -0.3 is 28.5 Å². The van der Waals surface area contributed by atoms with Crippen LogP contribution in [0.25, 0.3) is 11.3 Å². The lowest BCUT2D eigenvalue weighted by atomic mass is 9.84. The summed E-state index contributed by atoms with van der Waals surface area (Å²) in [6.07, 6.45) is -5.10. The number of fused-ring (bicyclic) bond motifs is 3. The number of nitrogens with zero attached hydrogens (tertiary/aromatic N) is 2.